The molecule has 1 amide bonds. The Balaban J connectivity index is 1.13. The molecule has 1 unspecified atom stereocenters. The van der Waals surface area contributed by atoms with E-state index in [1.165, 1.54) is 0 Å². The Hall–Kier alpha value is -3.06. The highest BCUT2D eigenvalue weighted by molar-refractivity contribution is 6.00. The van der Waals surface area contributed by atoms with Gasteiger partial charge in [0.2, 0.25) is 0 Å². The van der Waals surface area contributed by atoms with Crippen molar-refractivity contribution in [2.45, 2.75) is 65.5 Å². The molecule has 5 rings (SSSR count). The van der Waals surface area contributed by atoms with Gasteiger partial charge in [-0.15, -0.1) is 0 Å². The number of fused-ring (bicyclic) bond motifs is 1. The first-order valence-corrected chi connectivity index (χ1v) is 14.6. The van der Waals surface area contributed by atoms with Crippen LogP contribution in [0.25, 0.3) is 0 Å². The van der Waals surface area contributed by atoms with Crippen molar-refractivity contribution < 1.29 is 14.7 Å². The normalized spacial score (nSPS) is 22.7. The number of carbonyl (C=O) groups is 2. The number of benzene rings is 2. The van der Waals surface area contributed by atoms with Gasteiger partial charge in [0.1, 0.15) is 5.66 Å². The third kappa shape index (κ3) is 5.79. The average molecular weight is 533 g/mol. The largest absolute Gasteiger partial charge is 0.478 e. The zero-order chi connectivity index (χ0) is 27.8. The summed E-state index contributed by atoms with van der Waals surface area (Å²) in [6.07, 6.45) is 5.39. The molecule has 0 aliphatic carbocycles. The fourth-order valence-corrected chi connectivity index (χ4v) is 6.68. The van der Waals surface area contributed by atoms with Gasteiger partial charge < -0.3 is 25.5 Å². The summed E-state index contributed by atoms with van der Waals surface area (Å²) in [6, 6.07) is 13.4. The molecule has 1 atom stereocenters. The Morgan fingerprint density at radius 2 is 1.62 bits per heavy atom. The standard InChI is InChI=1S/C32H44N4O3/c1-22-7-5-8-25(19-22)29(37)36-17-13-24(14-18-36)21-35-15-11-23(12-16-35)20-32(31(2,3)4)33-27-10-6-9-26(30(38)39)28(27)34-32/h5-10,19,23-24,33-34H,11-18,20-21H2,1-4H3,(H,38,39). The number of anilines is 2. The number of carbonyl (C=O) groups excluding carboxylic acids is 1. The van der Waals surface area contributed by atoms with E-state index in [1.807, 2.05) is 48.2 Å². The third-order valence-electron chi connectivity index (χ3n) is 9.25. The summed E-state index contributed by atoms with van der Waals surface area (Å²) in [7, 11) is 0. The molecule has 0 bridgehead atoms. The number of piperidine rings is 2. The second-order valence-electron chi connectivity index (χ2n) is 13.0. The van der Waals surface area contributed by atoms with Crippen LogP contribution in [-0.4, -0.2) is 65.2 Å². The predicted molar refractivity (Wildman–Crippen MR) is 156 cm³/mol. The van der Waals surface area contributed by atoms with Crippen molar-refractivity contribution in [2.75, 3.05) is 43.4 Å². The van der Waals surface area contributed by atoms with Crippen molar-refractivity contribution in [3.8, 4) is 0 Å². The summed E-state index contributed by atoms with van der Waals surface area (Å²) >= 11 is 0. The maximum Gasteiger partial charge on any atom is 0.337 e. The molecule has 3 aliphatic rings. The lowest BCUT2D eigenvalue weighted by Gasteiger charge is -2.46. The highest BCUT2D eigenvalue weighted by Crippen LogP contribution is 2.48. The number of nitrogens with one attached hydrogen (secondary N) is 2. The van der Waals surface area contributed by atoms with Gasteiger partial charge in [-0.05, 0) is 88.2 Å². The summed E-state index contributed by atoms with van der Waals surface area (Å²) < 4.78 is 0. The highest BCUT2D eigenvalue weighted by Gasteiger charge is 2.48. The number of rotatable bonds is 6. The maximum absolute atomic E-state index is 12.9. The van der Waals surface area contributed by atoms with Crippen LogP contribution in [0, 0.1) is 24.2 Å². The number of hydrogen-bond acceptors (Lipinski definition) is 5. The Morgan fingerprint density at radius 3 is 2.26 bits per heavy atom. The van der Waals surface area contributed by atoms with Crippen LogP contribution in [0.5, 0.6) is 0 Å². The molecule has 7 heteroatoms. The molecule has 0 spiro atoms. The minimum atomic E-state index is -0.899. The molecule has 3 heterocycles. The van der Waals surface area contributed by atoms with Crippen molar-refractivity contribution >= 4 is 23.3 Å². The van der Waals surface area contributed by atoms with Gasteiger partial charge in [-0.2, -0.15) is 0 Å². The average Bonchev–Trinajstić information content (AvgIpc) is 3.29. The van der Waals surface area contributed by atoms with Gasteiger partial charge in [0.25, 0.3) is 5.91 Å². The highest BCUT2D eigenvalue weighted by atomic mass is 16.4. The number of aromatic carboxylic acids is 1. The summed E-state index contributed by atoms with van der Waals surface area (Å²) in [5.41, 5.74) is 3.36. The summed E-state index contributed by atoms with van der Waals surface area (Å²) in [5, 5.41) is 17.1. The van der Waals surface area contributed by atoms with E-state index in [-0.39, 0.29) is 17.0 Å². The van der Waals surface area contributed by atoms with Crippen LogP contribution in [-0.2, 0) is 0 Å². The van der Waals surface area contributed by atoms with Crippen molar-refractivity contribution in [3.63, 3.8) is 0 Å². The third-order valence-corrected chi connectivity index (χ3v) is 9.25. The molecule has 39 heavy (non-hydrogen) atoms. The minimum absolute atomic E-state index is 0.108. The van der Waals surface area contributed by atoms with Crippen LogP contribution in [0.3, 0.4) is 0 Å². The van der Waals surface area contributed by atoms with Crippen LogP contribution >= 0.6 is 0 Å². The topological polar surface area (TPSA) is 84.9 Å². The number of likely N-dealkylation sites (tertiary alicyclic amines) is 2. The zero-order valence-electron chi connectivity index (χ0n) is 23.9. The van der Waals surface area contributed by atoms with Gasteiger partial charge in [0, 0.05) is 30.6 Å². The molecule has 7 nitrogen and oxygen atoms in total. The van der Waals surface area contributed by atoms with E-state index in [0.29, 0.717) is 23.1 Å². The molecule has 3 aliphatic heterocycles. The number of hydrogen-bond donors (Lipinski definition) is 3. The van der Waals surface area contributed by atoms with Crippen LogP contribution < -0.4 is 10.6 Å². The SMILES string of the molecule is Cc1cccc(C(=O)N2CCC(CN3CCC(CC4(C(C)(C)C)Nc5cccc(C(=O)O)c5N4)CC3)CC2)c1. The number of aryl methyl sites for hydroxylation is 1. The van der Waals surface area contributed by atoms with Crippen LogP contribution in [0.2, 0.25) is 0 Å². The van der Waals surface area contributed by atoms with Gasteiger partial charge in [-0.25, -0.2) is 4.79 Å². The van der Waals surface area contributed by atoms with Crippen LogP contribution in [0.4, 0.5) is 11.4 Å². The first-order valence-electron chi connectivity index (χ1n) is 14.6. The molecule has 0 aromatic heterocycles. The number of amides is 1. The number of para-hydroxylation sites is 1. The first-order chi connectivity index (χ1) is 18.5. The summed E-state index contributed by atoms with van der Waals surface area (Å²) in [5.74, 6) is 0.477. The molecule has 2 aromatic carbocycles. The lowest BCUT2D eigenvalue weighted by atomic mass is 9.73. The maximum atomic E-state index is 12.9. The van der Waals surface area contributed by atoms with Gasteiger partial charge >= 0.3 is 5.97 Å². The predicted octanol–water partition coefficient (Wildman–Crippen LogP) is 5.93. The lowest BCUT2D eigenvalue weighted by molar-refractivity contribution is 0.0641. The molecule has 2 saturated heterocycles. The minimum Gasteiger partial charge on any atom is -0.478 e. The lowest BCUT2D eigenvalue weighted by Crippen LogP contribution is -2.55. The molecule has 0 radical (unpaired) electrons. The number of carboxylic acids is 1. The van der Waals surface area contributed by atoms with E-state index < -0.39 is 5.97 Å². The van der Waals surface area contributed by atoms with E-state index in [4.69, 9.17) is 0 Å². The fraction of sp³-hybridized carbons (Fsp3) is 0.562. The van der Waals surface area contributed by atoms with Crippen molar-refractivity contribution in [2.24, 2.45) is 17.3 Å². The Bertz CT molecular complexity index is 1210. The Morgan fingerprint density at radius 1 is 0.949 bits per heavy atom. The second-order valence-corrected chi connectivity index (χ2v) is 13.0. The Labute approximate surface area is 233 Å². The van der Waals surface area contributed by atoms with Gasteiger partial charge in [0.05, 0.1) is 16.9 Å². The van der Waals surface area contributed by atoms with Crippen molar-refractivity contribution in [3.05, 3.63) is 59.2 Å². The second kappa shape index (κ2) is 10.8. The van der Waals surface area contributed by atoms with Crippen LogP contribution in [0.15, 0.2) is 42.5 Å². The molecule has 2 aromatic rings. The molecular formula is C32H44N4O3. The van der Waals surface area contributed by atoms with E-state index in [0.717, 1.165) is 81.6 Å². The van der Waals surface area contributed by atoms with Crippen molar-refractivity contribution in [1.82, 2.24) is 9.80 Å². The molecule has 2 fully saturated rings. The van der Waals surface area contributed by atoms with E-state index in [2.05, 4.69) is 36.3 Å². The van der Waals surface area contributed by atoms with Gasteiger partial charge in [-0.3, -0.25) is 4.79 Å². The quantitative estimate of drug-likeness (QED) is 0.428. The van der Waals surface area contributed by atoms with E-state index in [1.54, 1.807) is 6.07 Å². The smallest absolute Gasteiger partial charge is 0.337 e. The number of carboxylic acid groups (broad SMARTS) is 1. The Kier molecular flexibility index (Phi) is 7.64. The van der Waals surface area contributed by atoms with E-state index >= 15 is 0 Å². The molecule has 0 saturated carbocycles. The van der Waals surface area contributed by atoms with Gasteiger partial charge in [-0.1, -0.05) is 44.5 Å². The zero-order valence-corrected chi connectivity index (χ0v) is 23.9. The molecular weight excluding hydrogens is 488 g/mol. The molecule has 210 valence electrons. The molecule has 3 N–H and O–H groups in total. The fourth-order valence-electron chi connectivity index (χ4n) is 6.68. The summed E-state index contributed by atoms with van der Waals surface area (Å²) in [6.45, 7) is 13.7. The first kappa shape index (κ1) is 27.5. The van der Waals surface area contributed by atoms with Crippen molar-refractivity contribution in [1.29, 1.82) is 0 Å². The monoisotopic (exact) mass is 532 g/mol. The van der Waals surface area contributed by atoms with Crippen LogP contribution in [0.1, 0.15) is 79.2 Å². The number of nitrogens with zero attached hydrogens (tertiary/aromatic N) is 2. The van der Waals surface area contributed by atoms with Gasteiger partial charge in [0.15, 0.2) is 0 Å². The summed E-state index contributed by atoms with van der Waals surface area (Å²) in [4.78, 5) is 29.4. The van der Waals surface area contributed by atoms with E-state index in [9.17, 15) is 14.7 Å².